The molecule has 1 aromatic heterocycles. The fourth-order valence-electron chi connectivity index (χ4n) is 3.97. The van der Waals surface area contributed by atoms with Crippen LogP contribution in [0.3, 0.4) is 0 Å². The van der Waals surface area contributed by atoms with E-state index in [-0.39, 0.29) is 6.10 Å². The topological polar surface area (TPSA) is 57.9 Å². The van der Waals surface area contributed by atoms with E-state index in [2.05, 4.69) is 32.1 Å². The van der Waals surface area contributed by atoms with Gasteiger partial charge in [0.15, 0.2) is 5.96 Å². The number of ether oxygens (including phenoxy) is 1. The van der Waals surface area contributed by atoms with E-state index in [1.807, 2.05) is 31.2 Å². The second-order valence-corrected chi connectivity index (χ2v) is 7.63. The van der Waals surface area contributed by atoms with Gasteiger partial charge >= 0.3 is 0 Å². The summed E-state index contributed by atoms with van der Waals surface area (Å²) in [5.74, 6) is 1.83. The Bertz CT molecular complexity index is 586. The van der Waals surface area contributed by atoms with E-state index >= 15 is 0 Å². The van der Waals surface area contributed by atoms with Gasteiger partial charge in [-0.1, -0.05) is 6.92 Å². The van der Waals surface area contributed by atoms with Crippen molar-refractivity contribution in [3.05, 3.63) is 18.0 Å². The summed E-state index contributed by atoms with van der Waals surface area (Å²) in [6.45, 7) is 9.42. The van der Waals surface area contributed by atoms with Crippen molar-refractivity contribution < 1.29 is 4.74 Å². The standard InChI is InChI=1S/C19H34N6O/c1-16-6-4-8-24(13-16)9-5-7-21-19(20-2)25-10-11-26-18(15-25)17-12-22-23(3)14-17/h12,14,16,18H,4-11,13,15H2,1-3H3,(H,20,21). The van der Waals surface area contributed by atoms with Gasteiger partial charge in [-0.3, -0.25) is 9.67 Å². The number of hydrogen-bond acceptors (Lipinski definition) is 4. The summed E-state index contributed by atoms with van der Waals surface area (Å²) in [6, 6.07) is 0. The SMILES string of the molecule is CN=C(NCCCN1CCCC(C)C1)N1CCOC(c2cnn(C)c2)C1. The first-order valence-electron chi connectivity index (χ1n) is 9.94. The van der Waals surface area contributed by atoms with Crippen LogP contribution in [0.4, 0.5) is 0 Å². The number of rotatable bonds is 5. The van der Waals surface area contributed by atoms with Crippen LogP contribution in [0.25, 0.3) is 0 Å². The third-order valence-corrected chi connectivity index (χ3v) is 5.35. The Labute approximate surface area is 157 Å². The van der Waals surface area contributed by atoms with E-state index in [1.165, 1.54) is 32.5 Å². The number of hydrogen-bond donors (Lipinski definition) is 1. The van der Waals surface area contributed by atoms with E-state index in [0.717, 1.165) is 43.5 Å². The monoisotopic (exact) mass is 362 g/mol. The second-order valence-electron chi connectivity index (χ2n) is 7.63. The first-order valence-corrected chi connectivity index (χ1v) is 9.94. The molecular formula is C19H34N6O. The second kappa shape index (κ2) is 9.37. The van der Waals surface area contributed by atoms with Crippen LogP contribution in [0.5, 0.6) is 0 Å². The van der Waals surface area contributed by atoms with Crippen molar-refractivity contribution in [2.75, 3.05) is 52.9 Å². The van der Waals surface area contributed by atoms with Gasteiger partial charge in [-0.05, 0) is 38.3 Å². The van der Waals surface area contributed by atoms with Crippen molar-refractivity contribution in [3.8, 4) is 0 Å². The molecule has 7 nitrogen and oxygen atoms in total. The predicted octanol–water partition coefficient (Wildman–Crippen LogP) is 1.49. The minimum Gasteiger partial charge on any atom is -0.370 e. The molecule has 2 saturated heterocycles. The lowest BCUT2D eigenvalue weighted by Gasteiger charge is -2.35. The third-order valence-electron chi connectivity index (χ3n) is 5.35. The Balaban J connectivity index is 1.43. The zero-order valence-corrected chi connectivity index (χ0v) is 16.5. The van der Waals surface area contributed by atoms with Gasteiger partial charge in [0.05, 0.1) is 19.3 Å². The summed E-state index contributed by atoms with van der Waals surface area (Å²) in [5.41, 5.74) is 1.13. The third kappa shape index (κ3) is 5.20. The van der Waals surface area contributed by atoms with Gasteiger partial charge in [-0.25, -0.2) is 0 Å². The zero-order chi connectivity index (χ0) is 18.4. The molecule has 1 aromatic rings. The molecule has 0 amide bonds. The van der Waals surface area contributed by atoms with Crippen LogP contribution < -0.4 is 5.32 Å². The molecule has 146 valence electrons. The molecule has 2 atom stereocenters. The van der Waals surface area contributed by atoms with E-state index in [4.69, 9.17) is 4.74 Å². The number of nitrogens with zero attached hydrogens (tertiary/aromatic N) is 5. The fourth-order valence-corrected chi connectivity index (χ4v) is 3.97. The van der Waals surface area contributed by atoms with Crippen LogP contribution in [-0.2, 0) is 11.8 Å². The highest BCUT2D eigenvalue weighted by molar-refractivity contribution is 5.80. The van der Waals surface area contributed by atoms with E-state index < -0.39 is 0 Å². The van der Waals surface area contributed by atoms with Crippen molar-refractivity contribution in [2.45, 2.75) is 32.3 Å². The van der Waals surface area contributed by atoms with Gasteiger partial charge in [-0.2, -0.15) is 5.10 Å². The number of guanidine groups is 1. The van der Waals surface area contributed by atoms with Crippen molar-refractivity contribution >= 4 is 5.96 Å². The maximum absolute atomic E-state index is 5.93. The van der Waals surface area contributed by atoms with Crippen molar-refractivity contribution in [1.29, 1.82) is 0 Å². The van der Waals surface area contributed by atoms with Crippen molar-refractivity contribution in [3.63, 3.8) is 0 Å². The van der Waals surface area contributed by atoms with Crippen molar-refractivity contribution in [1.82, 2.24) is 24.9 Å². The predicted molar refractivity (Wildman–Crippen MR) is 104 cm³/mol. The van der Waals surface area contributed by atoms with Gasteiger partial charge in [0.25, 0.3) is 0 Å². The van der Waals surface area contributed by atoms with Crippen LogP contribution in [-0.4, -0.2) is 78.5 Å². The fraction of sp³-hybridized carbons (Fsp3) is 0.789. The normalized spacial score (nSPS) is 25.5. The Kier molecular flexibility index (Phi) is 6.91. The lowest BCUT2D eigenvalue weighted by molar-refractivity contribution is -0.00803. The molecule has 1 N–H and O–H groups in total. The molecule has 0 aliphatic carbocycles. The minimum absolute atomic E-state index is 0.0610. The molecule has 2 unspecified atom stereocenters. The number of aryl methyl sites for hydroxylation is 1. The average molecular weight is 363 g/mol. The largest absolute Gasteiger partial charge is 0.370 e. The molecule has 0 radical (unpaired) electrons. The smallest absolute Gasteiger partial charge is 0.193 e. The average Bonchev–Trinajstić information content (AvgIpc) is 3.08. The molecule has 0 spiro atoms. The molecule has 26 heavy (non-hydrogen) atoms. The molecule has 0 saturated carbocycles. The van der Waals surface area contributed by atoms with Gasteiger partial charge in [0, 0.05) is 45.5 Å². The first kappa shape index (κ1) is 19.2. The molecule has 0 aromatic carbocycles. The van der Waals surface area contributed by atoms with Gasteiger partial charge in [-0.15, -0.1) is 0 Å². The lowest BCUT2D eigenvalue weighted by atomic mass is 10.0. The molecule has 2 fully saturated rings. The van der Waals surface area contributed by atoms with E-state index in [1.54, 1.807) is 0 Å². The van der Waals surface area contributed by atoms with E-state index in [0.29, 0.717) is 6.61 Å². The van der Waals surface area contributed by atoms with Crippen LogP contribution >= 0.6 is 0 Å². The highest BCUT2D eigenvalue weighted by atomic mass is 16.5. The van der Waals surface area contributed by atoms with Crippen LogP contribution in [0.1, 0.15) is 37.9 Å². The highest BCUT2D eigenvalue weighted by Crippen LogP contribution is 2.21. The molecule has 3 rings (SSSR count). The summed E-state index contributed by atoms with van der Waals surface area (Å²) in [5, 5.41) is 7.80. The molecule has 0 bridgehead atoms. The lowest BCUT2D eigenvalue weighted by Crippen LogP contribution is -2.48. The first-order chi connectivity index (χ1) is 12.7. The maximum atomic E-state index is 5.93. The Morgan fingerprint density at radius 2 is 2.27 bits per heavy atom. The molecule has 3 heterocycles. The number of likely N-dealkylation sites (tertiary alicyclic amines) is 1. The molecule has 2 aliphatic heterocycles. The number of piperidine rings is 1. The number of aromatic nitrogens is 2. The van der Waals surface area contributed by atoms with Gasteiger partial charge < -0.3 is 19.9 Å². The summed E-state index contributed by atoms with van der Waals surface area (Å²) in [4.78, 5) is 9.38. The quantitative estimate of drug-likeness (QED) is 0.489. The summed E-state index contributed by atoms with van der Waals surface area (Å²) >= 11 is 0. The highest BCUT2D eigenvalue weighted by Gasteiger charge is 2.25. The van der Waals surface area contributed by atoms with Crippen LogP contribution in [0, 0.1) is 5.92 Å². The Morgan fingerprint density at radius 1 is 1.38 bits per heavy atom. The Morgan fingerprint density at radius 3 is 3.00 bits per heavy atom. The maximum Gasteiger partial charge on any atom is 0.193 e. The molecule has 2 aliphatic rings. The van der Waals surface area contributed by atoms with Crippen molar-refractivity contribution in [2.24, 2.45) is 18.0 Å². The van der Waals surface area contributed by atoms with Crippen LogP contribution in [0.2, 0.25) is 0 Å². The molecular weight excluding hydrogens is 328 g/mol. The van der Waals surface area contributed by atoms with E-state index in [9.17, 15) is 0 Å². The summed E-state index contributed by atoms with van der Waals surface area (Å²) in [6.07, 6.45) is 7.87. The number of aliphatic imine (C=N–C) groups is 1. The van der Waals surface area contributed by atoms with Crippen LogP contribution in [0.15, 0.2) is 17.4 Å². The minimum atomic E-state index is 0.0610. The summed E-state index contributed by atoms with van der Waals surface area (Å²) < 4.78 is 7.76. The molecule has 7 heteroatoms. The number of morpholine rings is 1. The Hall–Kier alpha value is -1.60. The summed E-state index contributed by atoms with van der Waals surface area (Å²) in [7, 11) is 3.80. The van der Waals surface area contributed by atoms with Gasteiger partial charge in [0.2, 0.25) is 0 Å². The zero-order valence-electron chi connectivity index (χ0n) is 16.5. The number of nitrogens with one attached hydrogen (secondary N) is 1. The van der Waals surface area contributed by atoms with Gasteiger partial charge in [0.1, 0.15) is 6.10 Å².